The molecule has 4 aromatic rings. The second-order valence-corrected chi connectivity index (χ2v) is 18.5. The molecule has 2 saturated heterocycles. The molecule has 64 heavy (non-hydrogen) atoms. The number of methoxy groups -OCH3 is 2. The van der Waals surface area contributed by atoms with Gasteiger partial charge < -0.3 is 43.4 Å². The van der Waals surface area contributed by atoms with E-state index in [0.717, 1.165) is 22.3 Å². The first-order chi connectivity index (χ1) is 30.9. The number of aryl methyl sites for hydroxylation is 2. The molecular weight excluding hydrogens is 843 g/mol. The topological polar surface area (TPSA) is 175 Å². The number of piperazine rings is 1. The molecule has 11 rings (SSSR count). The number of likely N-dealkylation sites (N-methyl/N-ethyl adjacent to an activating group) is 1. The SMILES string of the molecule is COc1cc2c(cc1OC(=O)CCc1ccccc1)CCN[C@]21CS[C@@H]2c3c(OC(C)=O)c(C)c4c(c3[C@@H](COC1=O)N1C2[C@H]2c3c(cc(C)c(OC)c3O)C[C@@H]([C@@H]1O)N2C)OCO4. The summed E-state index contributed by atoms with van der Waals surface area (Å²) in [6, 6.07) is 12.9. The number of esters is 3. The minimum Gasteiger partial charge on any atom is -0.504 e. The van der Waals surface area contributed by atoms with Crippen LogP contribution < -0.4 is 33.7 Å². The first-order valence-corrected chi connectivity index (χ1v) is 22.6. The van der Waals surface area contributed by atoms with E-state index in [0.29, 0.717) is 76.6 Å². The van der Waals surface area contributed by atoms with Crippen LogP contribution >= 0.6 is 11.8 Å². The third-order valence-electron chi connectivity index (χ3n) is 13.9. The second kappa shape index (κ2) is 16.2. The van der Waals surface area contributed by atoms with E-state index in [1.54, 1.807) is 12.1 Å². The standard InChI is InChI=1S/C48H51N3O12S/c1-23-16-28-17-30-46(55)51-31-20-59-47(56)48(29-19-32(57-5)33(18-27(29)14-15-49-48)63-34(53)13-12-26-10-8-7-9-11-26)21-64-45(39(51)38(50(30)4)35(28)40(54)41(23)58-6)37-36(31)44-43(60-22-61-44)24(2)42(37)62-25(3)52/h7-11,16,18-19,30-31,38-39,45-46,49,54-55H,12-15,17,20-22H2,1-6H3/t30-,31+,38+,39?,45+,46-,48+/m0/s1. The molecule has 7 atom stereocenters. The minimum absolute atomic E-state index is 0.0267. The Kier molecular flexibility index (Phi) is 10.7. The number of carbonyl (C=O) groups excluding carboxylic acids is 3. The number of fused-ring (bicyclic) bond motifs is 9. The molecule has 0 radical (unpaired) electrons. The summed E-state index contributed by atoms with van der Waals surface area (Å²) in [6.07, 6.45) is 0.565. The monoisotopic (exact) mass is 893 g/mol. The molecular formula is C48H51N3O12S. The summed E-state index contributed by atoms with van der Waals surface area (Å²) < 4.78 is 42.5. The number of carbonyl (C=O) groups is 3. The summed E-state index contributed by atoms with van der Waals surface area (Å²) in [5.74, 6) is 0.736. The fourth-order valence-electron chi connectivity index (χ4n) is 11.1. The lowest BCUT2D eigenvalue weighted by Gasteiger charge is -2.62. The van der Waals surface area contributed by atoms with Crippen molar-refractivity contribution in [3.8, 4) is 40.2 Å². The summed E-state index contributed by atoms with van der Waals surface area (Å²) >= 11 is 1.46. The van der Waals surface area contributed by atoms with Crippen molar-refractivity contribution in [2.45, 2.75) is 87.6 Å². The second-order valence-electron chi connectivity index (χ2n) is 17.4. The summed E-state index contributed by atoms with van der Waals surface area (Å²) in [4.78, 5) is 45.5. The maximum atomic E-state index is 15.1. The number of ether oxygens (including phenoxy) is 7. The van der Waals surface area contributed by atoms with Crippen LogP contribution in [-0.4, -0.2) is 103 Å². The fourth-order valence-corrected chi connectivity index (χ4v) is 12.8. The van der Waals surface area contributed by atoms with E-state index >= 15 is 4.79 Å². The molecule has 4 bridgehead atoms. The van der Waals surface area contributed by atoms with Gasteiger partial charge >= 0.3 is 17.9 Å². The molecule has 1 spiro atoms. The van der Waals surface area contributed by atoms with Gasteiger partial charge in [-0.05, 0) is 80.1 Å². The van der Waals surface area contributed by atoms with Gasteiger partial charge in [0, 0.05) is 53.9 Å². The van der Waals surface area contributed by atoms with Crippen LogP contribution in [0.3, 0.4) is 0 Å². The maximum Gasteiger partial charge on any atom is 0.331 e. The molecule has 336 valence electrons. The van der Waals surface area contributed by atoms with Crippen LogP contribution in [0.5, 0.6) is 40.2 Å². The molecule has 3 N–H and O–H groups in total. The van der Waals surface area contributed by atoms with Crippen LogP contribution in [0, 0.1) is 13.8 Å². The van der Waals surface area contributed by atoms with Gasteiger partial charge in [-0.2, -0.15) is 0 Å². The number of aliphatic hydroxyl groups is 1. The molecule has 0 aliphatic carbocycles. The number of hydrogen-bond acceptors (Lipinski definition) is 16. The highest BCUT2D eigenvalue weighted by Crippen LogP contribution is 2.64. The predicted octanol–water partition coefficient (Wildman–Crippen LogP) is 5.25. The summed E-state index contributed by atoms with van der Waals surface area (Å²) in [7, 11) is 4.98. The zero-order chi connectivity index (χ0) is 44.8. The van der Waals surface area contributed by atoms with E-state index in [2.05, 4.69) is 10.2 Å². The van der Waals surface area contributed by atoms with Gasteiger partial charge in [-0.25, -0.2) is 4.79 Å². The number of benzene rings is 4. The van der Waals surface area contributed by atoms with Crippen LogP contribution in [-0.2, 0) is 43.9 Å². The summed E-state index contributed by atoms with van der Waals surface area (Å²) in [5.41, 5.74) is 5.21. The Morgan fingerprint density at radius 1 is 0.953 bits per heavy atom. The number of nitrogens with zero attached hydrogens (tertiary/aromatic N) is 2. The van der Waals surface area contributed by atoms with Crippen LogP contribution in [0.1, 0.15) is 80.7 Å². The first kappa shape index (κ1) is 42.4. The lowest BCUT2D eigenvalue weighted by molar-refractivity contribution is -0.186. The molecule has 15 nitrogen and oxygen atoms in total. The zero-order valence-corrected chi connectivity index (χ0v) is 37.3. The van der Waals surface area contributed by atoms with Crippen LogP contribution in [0.2, 0.25) is 0 Å². The van der Waals surface area contributed by atoms with Crippen molar-refractivity contribution in [1.29, 1.82) is 0 Å². The third-order valence-corrected chi connectivity index (χ3v) is 15.4. The largest absolute Gasteiger partial charge is 0.504 e. The van der Waals surface area contributed by atoms with Gasteiger partial charge in [0.05, 0.1) is 37.6 Å². The Morgan fingerprint density at radius 3 is 2.48 bits per heavy atom. The van der Waals surface area contributed by atoms with E-state index < -0.39 is 59.1 Å². The molecule has 7 heterocycles. The Balaban J connectivity index is 1.12. The van der Waals surface area contributed by atoms with Gasteiger partial charge in [-0.15, -0.1) is 11.8 Å². The molecule has 4 aromatic carbocycles. The van der Waals surface area contributed by atoms with Crippen molar-refractivity contribution >= 4 is 29.7 Å². The van der Waals surface area contributed by atoms with E-state index in [1.165, 1.54) is 32.9 Å². The lowest BCUT2D eigenvalue weighted by Crippen LogP contribution is -2.70. The van der Waals surface area contributed by atoms with Crippen molar-refractivity contribution in [1.82, 2.24) is 15.1 Å². The Bertz CT molecular complexity index is 2590. The number of phenols is 1. The Labute approximate surface area is 374 Å². The molecule has 7 aliphatic rings. The zero-order valence-electron chi connectivity index (χ0n) is 36.5. The van der Waals surface area contributed by atoms with Crippen molar-refractivity contribution < 1.29 is 57.8 Å². The maximum absolute atomic E-state index is 15.1. The number of aromatic hydroxyl groups is 1. The summed E-state index contributed by atoms with van der Waals surface area (Å²) in [5, 5.41) is 27.7. The van der Waals surface area contributed by atoms with Crippen LogP contribution in [0.15, 0.2) is 48.5 Å². The molecule has 1 unspecified atom stereocenters. The number of thioether (sulfide) groups is 1. The predicted molar refractivity (Wildman–Crippen MR) is 233 cm³/mol. The van der Waals surface area contributed by atoms with Gasteiger partial charge in [-0.3, -0.25) is 24.7 Å². The number of rotatable bonds is 7. The average molecular weight is 894 g/mol. The molecule has 0 aromatic heterocycles. The number of phenolic OH excluding ortho intramolecular Hbond substituents is 1. The van der Waals surface area contributed by atoms with E-state index in [9.17, 15) is 19.8 Å². The Morgan fingerprint density at radius 2 is 1.73 bits per heavy atom. The van der Waals surface area contributed by atoms with Crippen LogP contribution in [0.25, 0.3) is 0 Å². The van der Waals surface area contributed by atoms with Gasteiger partial charge in [0.2, 0.25) is 6.79 Å². The van der Waals surface area contributed by atoms with Crippen molar-refractivity contribution in [2.24, 2.45) is 0 Å². The van der Waals surface area contributed by atoms with Crippen molar-refractivity contribution in [3.63, 3.8) is 0 Å². The smallest absolute Gasteiger partial charge is 0.331 e. The lowest BCUT2D eigenvalue weighted by atomic mass is 9.73. The van der Waals surface area contributed by atoms with Gasteiger partial charge in [0.1, 0.15) is 18.6 Å². The van der Waals surface area contributed by atoms with Crippen LogP contribution in [0.4, 0.5) is 0 Å². The number of hydrogen-bond donors (Lipinski definition) is 3. The molecule has 7 aliphatic heterocycles. The van der Waals surface area contributed by atoms with Gasteiger partial charge in [0.15, 0.2) is 40.0 Å². The van der Waals surface area contributed by atoms with E-state index in [1.807, 2.05) is 62.2 Å². The first-order valence-electron chi connectivity index (χ1n) is 21.6. The molecule has 0 amide bonds. The number of aliphatic hydroxyl groups excluding tert-OH is 1. The normalized spacial score (nSPS) is 26.5. The number of nitrogens with one attached hydrogen (secondary N) is 1. The minimum atomic E-state index is -1.43. The molecule has 0 saturated carbocycles. The summed E-state index contributed by atoms with van der Waals surface area (Å²) in [6.45, 7) is 5.17. The van der Waals surface area contributed by atoms with Crippen molar-refractivity contribution in [2.75, 3.05) is 47.0 Å². The highest BCUT2D eigenvalue weighted by atomic mass is 32.2. The van der Waals surface area contributed by atoms with Gasteiger partial charge in [0.25, 0.3) is 0 Å². The highest BCUT2D eigenvalue weighted by molar-refractivity contribution is 7.99. The fraction of sp³-hybridized carbons (Fsp3) is 0.438. The van der Waals surface area contributed by atoms with Gasteiger partial charge in [-0.1, -0.05) is 36.4 Å². The average Bonchev–Trinajstić information content (AvgIpc) is 3.78. The van der Waals surface area contributed by atoms with Crippen molar-refractivity contribution in [3.05, 3.63) is 98.6 Å². The molecule has 2 fully saturated rings. The highest BCUT2D eigenvalue weighted by Gasteiger charge is 2.61. The molecule has 16 heteroatoms. The third kappa shape index (κ3) is 6.50. The quantitative estimate of drug-likeness (QED) is 0.162. The van der Waals surface area contributed by atoms with E-state index in [4.69, 9.17) is 33.2 Å². The Hall–Kier alpha value is -5.52. The van der Waals surface area contributed by atoms with E-state index in [-0.39, 0.29) is 42.8 Å².